The van der Waals surface area contributed by atoms with Gasteiger partial charge in [0.2, 0.25) is 0 Å². The molecule has 2 aromatic rings. The highest BCUT2D eigenvalue weighted by Gasteiger charge is 2.33. The second-order valence-corrected chi connectivity index (χ2v) is 6.10. The van der Waals surface area contributed by atoms with Gasteiger partial charge in [0, 0.05) is 17.9 Å². The van der Waals surface area contributed by atoms with Crippen LogP contribution in [0, 0.1) is 0 Å². The van der Waals surface area contributed by atoms with Crippen LogP contribution in [-0.2, 0) is 19.1 Å². The molecule has 0 bridgehead atoms. The molecule has 0 radical (unpaired) electrons. The molecule has 0 aliphatic carbocycles. The maximum absolute atomic E-state index is 12.6. The number of hydrogen-bond donors (Lipinski definition) is 1. The van der Waals surface area contributed by atoms with Crippen LogP contribution in [-0.4, -0.2) is 11.5 Å². The molecule has 3 rings (SSSR count). The van der Waals surface area contributed by atoms with Crippen molar-refractivity contribution in [2.24, 2.45) is 0 Å². The largest absolute Gasteiger partial charge is 0.427 e. The number of hydrogen-bond acceptors (Lipinski definition) is 4. The molecule has 0 amide bonds. The Morgan fingerprint density at radius 3 is 2.77 bits per heavy atom. The van der Waals surface area contributed by atoms with Gasteiger partial charge in [-0.25, -0.2) is 4.98 Å². The van der Waals surface area contributed by atoms with Gasteiger partial charge in [0.15, 0.2) is 0 Å². The van der Waals surface area contributed by atoms with E-state index in [0.29, 0.717) is 22.9 Å². The van der Waals surface area contributed by atoms with Crippen molar-refractivity contribution in [3.8, 4) is 0 Å². The molecule has 1 aliphatic rings. The highest BCUT2D eigenvalue weighted by Crippen LogP contribution is 2.36. The van der Waals surface area contributed by atoms with Crippen molar-refractivity contribution in [3.05, 3.63) is 39.8 Å². The second kappa shape index (κ2) is 6.34. The zero-order valence-corrected chi connectivity index (χ0v) is 13.2. The Morgan fingerprint density at radius 1 is 1.32 bits per heavy atom. The van der Waals surface area contributed by atoms with E-state index >= 15 is 0 Å². The lowest BCUT2D eigenvalue weighted by molar-refractivity contribution is -0.134. The number of benzene rings is 1. The predicted octanol–water partition coefficient (Wildman–Crippen LogP) is 4.12. The number of anilines is 2. The topological polar surface area (TPSA) is 42.1 Å². The Labute approximate surface area is 136 Å². The molecule has 0 spiro atoms. The quantitative estimate of drug-likeness (QED) is 0.829. The average Bonchev–Trinajstić information content (AvgIpc) is 2.89. The van der Waals surface area contributed by atoms with E-state index in [0.717, 1.165) is 42.5 Å². The van der Waals surface area contributed by atoms with Gasteiger partial charge in [-0.1, -0.05) is 6.07 Å². The molecule has 0 saturated heterocycles. The minimum atomic E-state index is -4.32. The molecule has 22 heavy (non-hydrogen) atoms. The molecule has 3 nitrogen and oxygen atoms in total. The molecule has 2 heterocycles. The molecule has 1 aliphatic heterocycles. The predicted molar refractivity (Wildman–Crippen MR) is 84.6 cm³/mol. The van der Waals surface area contributed by atoms with Crippen LogP contribution in [0.2, 0.25) is 0 Å². The zero-order valence-electron chi connectivity index (χ0n) is 11.6. The third-order valence-corrected chi connectivity index (χ3v) is 4.57. The first-order valence-electron chi connectivity index (χ1n) is 6.59. The number of alkyl halides is 3. The van der Waals surface area contributed by atoms with Crippen LogP contribution >= 0.6 is 23.7 Å². The molecule has 0 atom stereocenters. The van der Waals surface area contributed by atoms with E-state index in [9.17, 15) is 13.2 Å². The van der Waals surface area contributed by atoms with E-state index in [4.69, 9.17) is 5.73 Å². The fraction of sp³-hybridized carbons (Fsp3) is 0.357. The summed E-state index contributed by atoms with van der Waals surface area (Å²) in [5, 5.41) is 0.470. The van der Waals surface area contributed by atoms with Crippen LogP contribution in [0.5, 0.6) is 0 Å². The van der Waals surface area contributed by atoms with Crippen molar-refractivity contribution >= 4 is 35.1 Å². The van der Waals surface area contributed by atoms with E-state index in [1.165, 1.54) is 0 Å². The van der Waals surface area contributed by atoms with Gasteiger partial charge in [-0.15, -0.1) is 23.7 Å². The zero-order chi connectivity index (χ0) is 15.0. The Hall–Kier alpha value is -1.47. The van der Waals surface area contributed by atoms with Gasteiger partial charge in [0.05, 0.1) is 12.7 Å². The Bertz CT molecular complexity index is 657. The lowest BCUT2D eigenvalue weighted by atomic mass is 10.00. The summed E-state index contributed by atoms with van der Waals surface area (Å²) in [6.45, 7) is 1.19. The van der Waals surface area contributed by atoms with Crippen molar-refractivity contribution in [1.82, 2.24) is 4.98 Å². The molecular formula is C14H15ClF3N3S. The van der Waals surface area contributed by atoms with Crippen LogP contribution in [0.1, 0.15) is 21.9 Å². The molecular weight excluding hydrogens is 335 g/mol. The summed E-state index contributed by atoms with van der Waals surface area (Å²) in [5.74, 6) is 0. The summed E-state index contributed by atoms with van der Waals surface area (Å²) in [6.07, 6.45) is -1.56. The standard InChI is InChI=1S/C14H14F3N3S.ClH/c15-14(16,17)12-7-19-13(21-12)8-20-6-2-3-9-10(18)4-1-5-11(9)20;/h1,4-5,7H,2-3,6,8,18H2;1H. The summed E-state index contributed by atoms with van der Waals surface area (Å²) in [6, 6.07) is 5.69. The minimum Gasteiger partial charge on any atom is -0.398 e. The highest BCUT2D eigenvalue weighted by atomic mass is 35.5. The monoisotopic (exact) mass is 349 g/mol. The summed E-state index contributed by atoms with van der Waals surface area (Å²) in [7, 11) is 0. The lowest BCUT2D eigenvalue weighted by Crippen LogP contribution is -2.29. The SMILES string of the molecule is Cl.Nc1cccc2c1CCCN2Cc1ncc(C(F)(F)F)s1. The first kappa shape index (κ1) is 16.9. The van der Waals surface area contributed by atoms with Gasteiger partial charge in [-0.3, -0.25) is 0 Å². The van der Waals surface area contributed by atoms with Gasteiger partial charge < -0.3 is 10.6 Å². The number of aromatic nitrogens is 1. The highest BCUT2D eigenvalue weighted by molar-refractivity contribution is 7.11. The first-order chi connectivity index (χ1) is 9.95. The number of fused-ring (bicyclic) bond motifs is 1. The normalized spacial score (nSPS) is 14.4. The molecule has 2 N–H and O–H groups in total. The number of halogens is 4. The van der Waals surface area contributed by atoms with Crippen molar-refractivity contribution in [1.29, 1.82) is 0 Å². The van der Waals surface area contributed by atoms with Crippen LogP contribution < -0.4 is 10.6 Å². The Balaban J connectivity index is 0.00000176. The maximum atomic E-state index is 12.6. The van der Waals surface area contributed by atoms with E-state index < -0.39 is 11.1 Å². The third kappa shape index (κ3) is 3.30. The van der Waals surface area contributed by atoms with Crippen LogP contribution in [0.4, 0.5) is 24.5 Å². The van der Waals surface area contributed by atoms with E-state index in [1.54, 1.807) is 0 Å². The number of nitrogens with zero attached hydrogens (tertiary/aromatic N) is 2. The summed E-state index contributed by atoms with van der Waals surface area (Å²) >= 11 is 0.703. The summed E-state index contributed by atoms with van der Waals surface area (Å²) in [4.78, 5) is 5.30. The van der Waals surface area contributed by atoms with E-state index in [1.807, 2.05) is 23.1 Å². The van der Waals surface area contributed by atoms with Crippen molar-refractivity contribution in [2.45, 2.75) is 25.6 Å². The number of thiazole rings is 1. The van der Waals surface area contributed by atoms with Crippen LogP contribution in [0.3, 0.4) is 0 Å². The van der Waals surface area contributed by atoms with E-state index in [-0.39, 0.29) is 12.4 Å². The van der Waals surface area contributed by atoms with Gasteiger partial charge >= 0.3 is 6.18 Å². The van der Waals surface area contributed by atoms with Crippen LogP contribution in [0.15, 0.2) is 24.4 Å². The van der Waals surface area contributed by atoms with Gasteiger partial charge in [0.1, 0.15) is 9.88 Å². The van der Waals surface area contributed by atoms with Crippen molar-refractivity contribution in [2.75, 3.05) is 17.2 Å². The fourth-order valence-electron chi connectivity index (χ4n) is 2.57. The van der Waals surface area contributed by atoms with Gasteiger partial charge in [0.25, 0.3) is 0 Å². The number of rotatable bonds is 2. The summed E-state index contributed by atoms with van der Waals surface area (Å²) < 4.78 is 37.8. The lowest BCUT2D eigenvalue weighted by Gasteiger charge is -2.31. The maximum Gasteiger partial charge on any atom is 0.427 e. The number of nitrogen functional groups attached to an aromatic ring is 1. The Morgan fingerprint density at radius 2 is 2.09 bits per heavy atom. The molecule has 8 heteroatoms. The fourth-order valence-corrected chi connectivity index (χ4v) is 3.37. The molecule has 0 fully saturated rings. The second-order valence-electron chi connectivity index (χ2n) is 4.99. The Kier molecular flexibility index (Phi) is 4.87. The molecule has 1 aromatic heterocycles. The van der Waals surface area contributed by atoms with E-state index in [2.05, 4.69) is 4.98 Å². The first-order valence-corrected chi connectivity index (χ1v) is 7.41. The van der Waals surface area contributed by atoms with Crippen molar-refractivity contribution < 1.29 is 13.2 Å². The minimum absolute atomic E-state index is 0. The van der Waals surface area contributed by atoms with Crippen LogP contribution in [0.25, 0.3) is 0 Å². The number of nitrogens with two attached hydrogens (primary N) is 1. The van der Waals surface area contributed by atoms with Gasteiger partial charge in [-0.2, -0.15) is 13.2 Å². The van der Waals surface area contributed by atoms with Crippen molar-refractivity contribution in [3.63, 3.8) is 0 Å². The summed E-state index contributed by atoms with van der Waals surface area (Å²) in [5.41, 5.74) is 8.80. The van der Waals surface area contributed by atoms with Gasteiger partial charge in [-0.05, 0) is 30.5 Å². The molecule has 0 saturated carbocycles. The third-order valence-electron chi connectivity index (χ3n) is 3.54. The molecule has 0 unspecified atom stereocenters. The molecule has 120 valence electrons. The smallest absolute Gasteiger partial charge is 0.398 e. The average molecular weight is 350 g/mol. The molecule has 1 aromatic carbocycles.